The quantitative estimate of drug-likeness (QED) is 0.296. The van der Waals surface area contributed by atoms with Gasteiger partial charge >= 0.3 is 0 Å². The Labute approximate surface area is 153 Å². The average molecular weight is 380 g/mol. The Kier molecular flexibility index (Phi) is 6.27. The summed E-state index contributed by atoms with van der Waals surface area (Å²) in [6.07, 6.45) is 1.22. The number of benzene rings is 1. The highest BCUT2D eigenvalue weighted by molar-refractivity contribution is 8.14. The number of hydrogen-bond acceptors (Lipinski definition) is 7. The maximum Gasteiger partial charge on any atom is 0.288 e. The normalized spacial score (nSPS) is 14.4. The van der Waals surface area contributed by atoms with E-state index in [0.717, 1.165) is 16.7 Å². The Morgan fingerprint density at radius 2 is 2.24 bits per heavy atom. The Hall–Kier alpha value is -2.70. The minimum Gasteiger partial charge on any atom is -0.399 e. The van der Waals surface area contributed by atoms with Crippen molar-refractivity contribution in [1.82, 2.24) is 10.2 Å². The van der Waals surface area contributed by atoms with E-state index in [1.807, 2.05) is 0 Å². The molecule has 1 heterocycles. The van der Waals surface area contributed by atoms with Crippen molar-refractivity contribution in [2.75, 3.05) is 29.9 Å². The van der Waals surface area contributed by atoms with Crippen LogP contribution in [0.4, 0.5) is 16.2 Å². The molecule has 0 aliphatic carbocycles. The molecule has 0 atom stereocenters. The fraction of sp³-hybridized carbons (Fsp3) is 0.200. The molecule has 10 heteroatoms. The zero-order valence-corrected chi connectivity index (χ0v) is 14.5. The summed E-state index contributed by atoms with van der Waals surface area (Å²) >= 11 is 6.91. The maximum atomic E-state index is 12.1. The first kappa shape index (κ1) is 18.6. The van der Waals surface area contributed by atoms with E-state index in [1.165, 1.54) is 18.3 Å². The zero-order valence-electron chi connectivity index (χ0n) is 12.9. The van der Waals surface area contributed by atoms with Gasteiger partial charge < -0.3 is 16.4 Å². The second kappa shape index (κ2) is 8.41. The number of nitrogens with two attached hydrogens (primary N) is 1. The molecule has 0 radical (unpaired) electrons. The summed E-state index contributed by atoms with van der Waals surface area (Å²) in [7, 11) is 0. The molecule has 2 rings (SSSR count). The van der Waals surface area contributed by atoms with Crippen LogP contribution >= 0.6 is 23.4 Å². The van der Waals surface area contributed by atoms with Gasteiger partial charge in [-0.3, -0.25) is 19.3 Å². The van der Waals surface area contributed by atoms with E-state index in [9.17, 15) is 14.4 Å². The number of rotatable bonds is 6. The molecule has 1 aromatic rings. The van der Waals surface area contributed by atoms with Crippen LogP contribution in [0.1, 0.15) is 0 Å². The fourth-order valence-corrected chi connectivity index (χ4v) is 2.91. The Bertz CT molecular complexity index is 774. The molecule has 0 saturated carbocycles. The van der Waals surface area contributed by atoms with Crippen molar-refractivity contribution in [3.63, 3.8) is 0 Å². The topological polar surface area (TPSA) is 128 Å². The number of imide groups is 1. The van der Waals surface area contributed by atoms with Gasteiger partial charge in [0.15, 0.2) is 0 Å². The lowest BCUT2D eigenvalue weighted by Gasteiger charge is -2.12. The molecule has 1 aliphatic heterocycles. The van der Waals surface area contributed by atoms with Gasteiger partial charge in [-0.15, -0.1) is 0 Å². The lowest BCUT2D eigenvalue weighted by atomic mass is 10.2. The van der Waals surface area contributed by atoms with Gasteiger partial charge in [-0.05, 0) is 18.2 Å². The summed E-state index contributed by atoms with van der Waals surface area (Å²) in [5.41, 5.74) is 6.17. The van der Waals surface area contributed by atoms with Crippen LogP contribution in [0.15, 0.2) is 30.0 Å². The number of halogens is 1. The van der Waals surface area contributed by atoms with Crippen LogP contribution in [0.3, 0.4) is 0 Å². The highest BCUT2D eigenvalue weighted by Crippen LogP contribution is 2.24. The molecule has 4 N–H and O–H groups in total. The number of hydrogen-bond donors (Lipinski definition) is 3. The highest BCUT2D eigenvalue weighted by atomic mass is 35.5. The third-order valence-electron chi connectivity index (χ3n) is 3.17. The molecule has 1 fully saturated rings. The standard InChI is InChI=1S/C15H14ClN5O3S/c16-11-5-10(18)1-2-12(11)20-14(23)9(6-17)7-19-3-4-21-13(22)8-25-15(21)24/h1-2,5,7,19H,3-4,8,18H2,(H,20,23)/b9-7-. The van der Waals surface area contributed by atoms with Crippen molar-refractivity contribution in [3.05, 3.63) is 35.0 Å². The van der Waals surface area contributed by atoms with E-state index >= 15 is 0 Å². The number of nitrogens with zero attached hydrogens (tertiary/aromatic N) is 2. The largest absolute Gasteiger partial charge is 0.399 e. The summed E-state index contributed by atoms with van der Waals surface area (Å²) in [6, 6.07) is 6.34. The van der Waals surface area contributed by atoms with Crippen LogP contribution in [0.2, 0.25) is 5.02 Å². The molecule has 8 nitrogen and oxygen atoms in total. The third kappa shape index (κ3) is 4.89. The van der Waals surface area contributed by atoms with Crippen LogP contribution < -0.4 is 16.4 Å². The van der Waals surface area contributed by atoms with Crippen LogP contribution in [-0.4, -0.2) is 40.8 Å². The van der Waals surface area contributed by atoms with Crippen LogP contribution in [0.25, 0.3) is 0 Å². The lowest BCUT2D eigenvalue weighted by molar-refractivity contribution is -0.124. The van der Waals surface area contributed by atoms with Crippen LogP contribution in [-0.2, 0) is 9.59 Å². The Morgan fingerprint density at radius 1 is 1.48 bits per heavy atom. The molecule has 0 aromatic heterocycles. The van der Waals surface area contributed by atoms with Gasteiger partial charge in [-0.25, -0.2) is 0 Å². The summed E-state index contributed by atoms with van der Waals surface area (Å²) in [5, 5.41) is 14.3. The number of nitriles is 1. The number of nitrogens with one attached hydrogen (secondary N) is 2. The van der Waals surface area contributed by atoms with Crippen molar-refractivity contribution in [3.8, 4) is 6.07 Å². The van der Waals surface area contributed by atoms with E-state index in [2.05, 4.69) is 10.6 Å². The number of thioether (sulfide) groups is 1. The van der Waals surface area contributed by atoms with Crippen LogP contribution in [0, 0.1) is 11.3 Å². The summed E-state index contributed by atoms with van der Waals surface area (Å²) in [6.45, 7) is 0.379. The van der Waals surface area contributed by atoms with E-state index in [0.29, 0.717) is 11.4 Å². The average Bonchev–Trinajstić information content (AvgIpc) is 2.89. The van der Waals surface area contributed by atoms with Gasteiger partial charge in [-0.1, -0.05) is 23.4 Å². The Morgan fingerprint density at radius 3 is 2.84 bits per heavy atom. The summed E-state index contributed by atoms with van der Waals surface area (Å²) in [5.74, 6) is -0.759. The highest BCUT2D eigenvalue weighted by Gasteiger charge is 2.28. The third-order valence-corrected chi connectivity index (χ3v) is 4.34. The number of anilines is 2. The van der Waals surface area contributed by atoms with Gasteiger partial charge in [0.25, 0.3) is 11.1 Å². The molecule has 1 aromatic carbocycles. The first-order valence-corrected chi connectivity index (χ1v) is 8.46. The molecular weight excluding hydrogens is 366 g/mol. The van der Waals surface area contributed by atoms with Crippen molar-refractivity contribution in [1.29, 1.82) is 5.26 Å². The molecule has 0 bridgehead atoms. The maximum absolute atomic E-state index is 12.1. The van der Waals surface area contributed by atoms with E-state index in [-0.39, 0.29) is 40.6 Å². The predicted molar refractivity (Wildman–Crippen MR) is 95.8 cm³/mol. The first-order valence-electron chi connectivity index (χ1n) is 7.09. The van der Waals surface area contributed by atoms with Gasteiger partial charge in [0.2, 0.25) is 5.91 Å². The number of carbonyl (C=O) groups excluding carboxylic acids is 3. The van der Waals surface area contributed by atoms with Crippen molar-refractivity contribution >= 4 is 51.8 Å². The van der Waals surface area contributed by atoms with Gasteiger partial charge in [0, 0.05) is 25.0 Å². The first-order chi connectivity index (χ1) is 11.9. The smallest absolute Gasteiger partial charge is 0.288 e. The fourth-order valence-electron chi connectivity index (χ4n) is 1.92. The minimum atomic E-state index is -0.648. The lowest BCUT2D eigenvalue weighted by Crippen LogP contribution is -2.34. The second-order valence-corrected chi connectivity index (χ2v) is 6.25. The number of amides is 3. The number of nitrogen functional groups attached to an aromatic ring is 1. The van der Waals surface area contributed by atoms with Crippen LogP contribution in [0.5, 0.6) is 0 Å². The molecule has 3 amide bonds. The number of carbonyl (C=O) groups is 3. The van der Waals surface area contributed by atoms with E-state index < -0.39 is 5.91 Å². The molecular formula is C15H14ClN5O3S. The van der Waals surface area contributed by atoms with Gasteiger partial charge in [-0.2, -0.15) is 5.26 Å². The molecule has 0 unspecified atom stereocenters. The summed E-state index contributed by atoms with van der Waals surface area (Å²) < 4.78 is 0. The van der Waals surface area contributed by atoms with Crippen molar-refractivity contribution < 1.29 is 14.4 Å². The van der Waals surface area contributed by atoms with E-state index in [1.54, 1.807) is 12.1 Å². The van der Waals surface area contributed by atoms with Gasteiger partial charge in [0.1, 0.15) is 11.6 Å². The second-order valence-electron chi connectivity index (χ2n) is 4.92. The molecule has 130 valence electrons. The predicted octanol–water partition coefficient (Wildman–Crippen LogP) is 1.55. The van der Waals surface area contributed by atoms with Crippen molar-refractivity contribution in [2.45, 2.75) is 0 Å². The van der Waals surface area contributed by atoms with Gasteiger partial charge in [0.05, 0.1) is 16.5 Å². The molecule has 1 aliphatic rings. The SMILES string of the molecule is N#C/C(=C/NCCN1C(=O)CSC1=O)C(=O)Nc1ccc(N)cc1Cl. The minimum absolute atomic E-state index is 0.142. The molecule has 1 saturated heterocycles. The Balaban J connectivity index is 1.90. The molecule has 25 heavy (non-hydrogen) atoms. The molecule has 0 spiro atoms. The zero-order chi connectivity index (χ0) is 18.4. The summed E-state index contributed by atoms with van der Waals surface area (Å²) in [4.78, 5) is 36.1. The van der Waals surface area contributed by atoms with E-state index in [4.69, 9.17) is 22.6 Å². The van der Waals surface area contributed by atoms with Crippen molar-refractivity contribution in [2.24, 2.45) is 0 Å². The monoisotopic (exact) mass is 379 g/mol.